The van der Waals surface area contributed by atoms with Crippen LogP contribution in [0.15, 0.2) is 28.1 Å². The normalized spacial score (nSPS) is 20.6. The zero-order chi connectivity index (χ0) is 17.7. The molecule has 24 heavy (non-hydrogen) atoms. The summed E-state index contributed by atoms with van der Waals surface area (Å²) in [5, 5.41) is 0. The van der Waals surface area contributed by atoms with Gasteiger partial charge in [-0.25, -0.2) is 21.1 Å². The summed E-state index contributed by atoms with van der Waals surface area (Å²) in [5.74, 6) is -0.308. The van der Waals surface area contributed by atoms with Crippen LogP contribution in [0.25, 0.3) is 0 Å². The smallest absolute Gasteiger partial charge is 0.265 e. The van der Waals surface area contributed by atoms with Crippen LogP contribution in [-0.4, -0.2) is 51.7 Å². The molecular weight excluding hydrogens is 354 g/mol. The van der Waals surface area contributed by atoms with Gasteiger partial charge >= 0.3 is 0 Å². The van der Waals surface area contributed by atoms with Crippen LogP contribution in [0.4, 0.5) is 5.69 Å². The van der Waals surface area contributed by atoms with Crippen molar-refractivity contribution in [2.24, 2.45) is 4.99 Å². The third kappa shape index (κ3) is 2.59. The van der Waals surface area contributed by atoms with Gasteiger partial charge < -0.3 is 0 Å². The number of benzene rings is 1. The van der Waals surface area contributed by atoms with Gasteiger partial charge in [-0.1, -0.05) is 0 Å². The molecule has 0 unspecified atom stereocenters. The van der Waals surface area contributed by atoms with Crippen LogP contribution >= 0.6 is 0 Å². The van der Waals surface area contributed by atoms with E-state index in [-0.39, 0.29) is 29.3 Å². The molecular formula is C14H17N3O5S2. The van der Waals surface area contributed by atoms with E-state index in [9.17, 15) is 21.6 Å². The Bertz CT molecular complexity index is 951. The molecule has 0 N–H and O–H groups in total. The lowest BCUT2D eigenvalue weighted by molar-refractivity contribution is -0.116. The zero-order valence-electron chi connectivity index (χ0n) is 13.3. The molecule has 2 heterocycles. The first-order chi connectivity index (χ1) is 11.1. The monoisotopic (exact) mass is 371 g/mol. The Morgan fingerprint density at radius 1 is 1.21 bits per heavy atom. The van der Waals surface area contributed by atoms with Crippen molar-refractivity contribution in [3.8, 4) is 0 Å². The summed E-state index contributed by atoms with van der Waals surface area (Å²) in [4.78, 5) is 16.0. The van der Waals surface area contributed by atoms with Crippen LogP contribution in [0, 0.1) is 6.92 Å². The van der Waals surface area contributed by atoms with E-state index in [1.165, 1.54) is 22.5 Å². The van der Waals surface area contributed by atoms with E-state index in [2.05, 4.69) is 4.99 Å². The van der Waals surface area contributed by atoms with E-state index < -0.39 is 26.0 Å². The molecule has 10 heteroatoms. The lowest BCUT2D eigenvalue weighted by Crippen LogP contribution is -2.33. The molecule has 1 amide bonds. The van der Waals surface area contributed by atoms with Gasteiger partial charge in [0.15, 0.2) is 0 Å². The molecule has 0 aromatic heterocycles. The quantitative estimate of drug-likeness (QED) is 0.769. The fraction of sp³-hybridized carbons (Fsp3) is 0.429. The number of aliphatic imine (C=N–C) groups is 1. The topological polar surface area (TPSA) is 104 Å². The maximum atomic E-state index is 12.7. The summed E-state index contributed by atoms with van der Waals surface area (Å²) in [6.45, 7) is 3.91. The maximum Gasteiger partial charge on any atom is 0.265 e. The van der Waals surface area contributed by atoms with Gasteiger partial charge in [0.2, 0.25) is 15.9 Å². The average molecular weight is 371 g/mol. The Morgan fingerprint density at radius 2 is 1.92 bits per heavy atom. The van der Waals surface area contributed by atoms with Crippen LogP contribution in [0.3, 0.4) is 0 Å². The minimum absolute atomic E-state index is 0.0646. The standard InChI is InChI=1S/C14H17N3O5S2/c1-10-9-12(17-14(18)5-8-23(17,19)20)3-4-13(10)24(21,22)16-7-6-15-11(16)2/h3-4,9H,5-8H2,1-2H3. The first-order valence-electron chi connectivity index (χ1n) is 7.35. The van der Waals surface area contributed by atoms with E-state index in [0.29, 0.717) is 17.9 Å². The first-order valence-corrected chi connectivity index (χ1v) is 10.4. The van der Waals surface area contributed by atoms with Gasteiger partial charge in [-0.3, -0.25) is 14.1 Å². The highest BCUT2D eigenvalue weighted by Crippen LogP contribution is 2.30. The van der Waals surface area contributed by atoms with Crippen molar-refractivity contribution in [2.45, 2.75) is 25.2 Å². The molecule has 0 atom stereocenters. The molecule has 2 aliphatic heterocycles. The molecule has 0 spiro atoms. The van der Waals surface area contributed by atoms with E-state index in [1.807, 2.05) is 0 Å². The van der Waals surface area contributed by atoms with Crippen LogP contribution in [-0.2, 0) is 24.8 Å². The number of anilines is 1. The minimum atomic E-state index is -3.75. The molecule has 1 aromatic rings. The van der Waals surface area contributed by atoms with Gasteiger partial charge in [0, 0.05) is 6.42 Å². The summed E-state index contributed by atoms with van der Waals surface area (Å²) in [7, 11) is -7.43. The highest BCUT2D eigenvalue weighted by molar-refractivity contribution is 7.94. The van der Waals surface area contributed by atoms with Crippen molar-refractivity contribution in [2.75, 3.05) is 23.1 Å². The number of carbonyl (C=O) groups excluding carboxylic acids is 1. The second-order valence-electron chi connectivity index (χ2n) is 5.68. The SMILES string of the molecule is CC1=NCCN1S(=O)(=O)c1ccc(N2C(=O)CCS2(=O)=O)cc1C. The number of amidine groups is 1. The molecule has 130 valence electrons. The number of hydrogen-bond donors (Lipinski definition) is 0. The van der Waals surface area contributed by atoms with Crippen LogP contribution in [0.2, 0.25) is 0 Å². The van der Waals surface area contributed by atoms with Crippen molar-refractivity contribution >= 4 is 37.5 Å². The lowest BCUT2D eigenvalue weighted by Gasteiger charge is -2.21. The van der Waals surface area contributed by atoms with Crippen molar-refractivity contribution in [3.63, 3.8) is 0 Å². The molecule has 1 saturated heterocycles. The Hall–Kier alpha value is -1.94. The summed E-state index contributed by atoms with van der Waals surface area (Å²) in [5.41, 5.74) is 0.544. The molecule has 0 saturated carbocycles. The average Bonchev–Trinajstić information content (AvgIpc) is 3.02. The molecule has 2 aliphatic rings. The third-order valence-corrected chi connectivity index (χ3v) is 7.78. The minimum Gasteiger partial charge on any atom is -0.273 e. The lowest BCUT2D eigenvalue weighted by atomic mass is 10.2. The zero-order valence-corrected chi connectivity index (χ0v) is 14.9. The summed E-state index contributed by atoms with van der Waals surface area (Å²) < 4.78 is 51.4. The summed E-state index contributed by atoms with van der Waals surface area (Å²) in [6, 6.07) is 4.10. The maximum absolute atomic E-state index is 12.7. The molecule has 0 aliphatic carbocycles. The highest BCUT2D eigenvalue weighted by atomic mass is 32.2. The second kappa shape index (κ2) is 5.55. The fourth-order valence-electron chi connectivity index (χ4n) is 2.87. The van der Waals surface area contributed by atoms with E-state index in [1.54, 1.807) is 13.8 Å². The molecule has 3 rings (SSSR count). The van der Waals surface area contributed by atoms with Gasteiger partial charge in [-0.2, -0.15) is 0 Å². The van der Waals surface area contributed by atoms with Crippen LogP contribution < -0.4 is 4.31 Å². The van der Waals surface area contributed by atoms with E-state index in [4.69, 9.17) is 0 Å². The van der Waals surface area contributed by atoms with Crippen LogP contribution in [0.1, 0.15) is 18.9 Å². The predicted molar refractivity (Wildman–Crippen MR) is 88.9 cm³/mol. The Morgan fingerprint density at radius 3 is 2.42 bits per heavy atom. The van der Waals surface area contributed by atoms with E-state index >= 15 is 0 Å². The van der Waals surface area contributed by atoms with Crippen molar-refractivity contribution in [3.05, 3.63) is 23.8 Å². The fourth-order valence-corrected chi connectivity index (χ4v) is 6.00. The Kier molecular flexibility index (Phi) is 3.91. The number of aryl methyl sites for hydroxylation is 1. The number of carbonyl (C=O) groups is 1. The largest absolute Gasteiger partial charge is 0.273 e. The van der Waals surface area contributed by atoms with Crippen molar-refractivity contribution in [1.29, 1.82) is 0 Å². The third-order valence-electron chi connectivity index (χ3n) is 4.04. The number of rotatable bonds is 3. The van der Waals surface area contributed by atoms with Gasteiger partial charge in [0.05, 0.1) is 29.4 Å². The first kappa shape index (κ1) is 16.9. The van der Waals surface area contributed by atoms with E-state index in [0.717, 1.165) is 4.31 Å². The number of hydrogen-bond acceptors (Lipinski definition) is 6. The number of amides is 1. The summed E-state index contributed by atoms with van der Waals surface area (Å²) in [6.07, 6.45) is -0.0646. The predicted octanol–water partition coefficient (Wildman–Crippen LogP) is 0.484. The van der Waals surface area contributed by atoms with Gasteiger partial charge in [0.25, 0.3) is 10.0 Å². The van der Waals surface area contributed by atoms with Crippen LogP contribution in [0.5, 0.6) is 0 Å². The second-order valence-corrected chi connectivity index (χ2v) is 9.45. The molecule has 1 fully saturated rings. The molecule has 8 nitrogen and oxygen atoms in total. The number of sulfonamides is 2. The van der Waals surface area contributed by atoms with Gasteiger partial charge in [-0.05, 0) is 37.6 Å². The van der Waals surface area contributed by atoms with Gasteiger partial charge in [0.1, 0.15) is 5.84 Å². The van der Waals surface area contributed by atoms with Gasteiger partial charge in [-0.15, -0.1) is 0 Å². The number of nitrogens with zero attached hydrogens (tertiary/aromatic N) is 3. The highest BCUT2D eigenvalue weighted by Gasteiger charge is 2.37. The van der Waals surface area contributed by atoms with Crippen molar-refractivity contribution in [1.82, 2.24) is 4.31 Å². The Balaban J connectivity index is 2.03. The summed E-state index contributed by atoms with van der Waals surface area (Å²) >= 11 is 0. The van der Waals surface area contributed by atoms with Crippen molar-refractivity contribution < 1.29 is 21.6 Å². The Labute approximate surface area is 140 Å². The molecule has 0 radical (unpaired) electrons. The molecule has 1 aromatic carbocycles. The molecule has 0 bridgehead atoms.